The zero-order valence-corrected chi connectivity index (χ0v) is 17.8. The average Bonchev–Trinajstić information content (AvgIpc) is 2.66. The first-order valence-corrected chi connectivity index (χ1v) is 9.87. The van der Waals surface area contributed by atoms with Crippen LogP contribution < -0.4 is 20.7 Å². The number of aryl methyl sites for hydroxylation is 1. The number of hydrogen-bond donors (Lipinski definition) is 3. The molecule has 0 aromatic heterocycles. The smallest absolute Gasteiger partial charge is 0.319 e. The van der Waals surface area contributed by atoms with E-state index < -0.39 is 6.04 Å². The van der Waals surface area contributed by atoms with Crippen molar-refractivity contribution in [2.24, 2.45) is 0 Å². The Balaban J connectivity index is 2.01. The highest BCUT2D eigenvalue weighted by Crippen LogP contribution is 2.35. The maximum Gasteiger partial charge on any atom is 0.319 e. The quantitative estimate of drug-likeness (QED) is 0.557. The lowest BCUT2D eigenvalue weighted by Gasteiger charge is -2.30. The van der Waals surface area contributed by atoms with E-state index in [1.54, 1.807) is 19.1 Å². The molecule has 0 fully saturated rings. The Morgan fingerprint density at radius 3 is 2.79 bits per heavy atom. The number of allylic oxidation sites excluding steroid dienone is 1. The molecule has 1 heterocycles. The molecular formula is C22H22BrN3O3. The molecule has 2 aromatic carbocycles. The molecule has 29 heavy (non-hydrogen) atoms. The van der Waals surface area contributed by atoms with Crippen LogP contribution in [0.15, 0.2) is 70.9 Å². The van der Waals surface area contributed by atoms with Crippen molar-refractivity contribution in [1.29, 1.82) is 0 Å². The minimum absolute atomic E-state index is 0.305. The summed E-state index contributed by atoms with van der Waals surface area (Å²) in [6.07, 6.45) is 1.64. The van der Waals surface area contributed by atoms with Crippen molar-refractivity contribution in [1.82, 2.24) is 10.6 Å². The summed E-state index contributed by atoms with van der Waals surface area (Å²) in [4.78, 5) is 25.3. The molecule has 0 spiro atoms. The van der Waals surface area contributed by atoms with Crippen LogP contribution in [0.2, 0.25) is 0 Å². The van der Waals surface area contributed by atoms with Crippen molar-refractivity contribution in [2.45, 2.75) is 19.9 Å². The second-order valence-corrected chi connectivity index (χ2v) is 7.59. The maximum atomic E-state index is 13.2. The predicted octanol–water partition coefficient (Wildman–Crippen LogP) is 4.59. The third-order valence-electron chi connectivity index (χ3n) is 4.43. The van der Waals surface area contributed by atoms with E-state index in [-0.39, 0.29) is 11.9 Å². The van der Waals surface area contributed by atoms with E-state index in [9.17, 15) is 9.59 Å². The van der Waals surface area contributed by atoms with Gasteiger partial charge in [-0.2, -0.15) is 0 Å². The molecule has 0 saturated heterocycles. The Bertz CT molecular complexity index is 1000. The fraction of sp³-hybridized carbons (Fsp3) is 0.182. The zero-order valence-electron chi connectivity index (χ0n) is 16.2. The van der Waals surface area contributed by atoms with E-state index in [1.807, 2.05) is 43.3 Å². The number of ether oxygens (including phenoxy) is 1. The molecule has 0 bridgehead atoms. The summed E-state index contributed by atoms with van der Waals surface area (Å²) in [6.45, 7) is 7.64. The first-order chi connectivity index (χ1) is 13.9. The van der Waals surface area contributed by atoms with Crippen molar-refractivity contribution in [3.63, 3.8) is 0 Å². The first-order valence-electron chi connectivity index (χ1n) is 9.08. The third-order valence-corrected chi connectivity index (χ3v) is 4.92. The molecule has 0 radical (unpaired) electrons. The molecule has 1 aliphatic heterocycles. The van der Waals surface area contributed by atoms with Crippen LogP contribution in [-0.2, 0) is 4.79 Å². The summed E-state index contributed by atoms with van der Waals surface area (Å²) in [7, 11) is 0. The number of halogens is 1. The number of anilines is 1. The van der Waals surface area contributed by atoms with Crippen LogP contribution in [0.5, 0.6) is 5.75 Å². The van der Waals surface area contributed by atoms with Crippen LogP contribution in [-0.4, -0.2) is 18.5 Å². The standard InChI is InChI=1S/C22H22BrN3O3/c1-4-10-29-18-9-8-15(23)12-17(18)20-19(14(3)24-22(28)26-20)21(27)25-16-7-5-6-13(2)11-16/h4-9,11-12,20H,1,10H2,2-3H3,(H,25,27)(H2,24,26,28)/t20-/m0/s1. The lowest BCUT2D eigenvalue weighted by Crippen LogP contribution is -2.46. The number of nitrogens with one attached hydrogen (secondary N) is 3. The van der Waals surface area contributed by atoms with E-state index in [2.05, 4.69) is 38.5 Å². The lowest BCUT2D eigenvalue weighted by molar-refractivity contribution is -0.113. The Labute approximate surface area is 178 Å². The number of benzene rings is 2. The van der Waals surface area contributed by atoms with Crippen LogP contribution in [0.1, 0.15) is 24.1 Å². The van der Waals surface area contributed by atoms with Crippen LogP contribution in [0.3, 0.4) is 0 Å². The molecule has 0 aliphatic carbocycles. The first kappa shape index (κ1) is 20.7. The zero-order chi connectivity index (χ0) is 21.0. The van der Waals surface area contributed by atoms with Gasteiger partial charge in [-0.25, -0.2) is 4.79 Å². The van der Waals surface area contributed by atoms with Crippen LogP contribution in [0.4, 0.5) is 10.5 Å². The van der Waals surface area contributed by atoms with Crippen LogP contribution >= 0.6 is 15.9 Å². The van der Waals surface area contributed by atoms with E-state index in [1.165, 1.54) is 0 Å². The molecule has 7 heteroatoms. The molecule has 0 saturated carbocycles. The monoisotopic (exact) mass is 455 g/mol. The molecule has 3 amide bonds. The summed E-state index contributed by atoms with van der Waals surface area (Å²) >= 11 is 3.46. The van der Waals surface area contributed by atoms with Gasteiger partial charge in [-0.15, -0.1) is 0 Å². The summed E-state index contributed by atoms with van der Waals surface area (Å²) in [5.74, 6) is 0.259. The van der Waals surface area contributed by atoms with Crippen molar-refractivity contribution in [3.05, 3.63) is 82.0 Å². The number of urea groups is 1. The fourth-order valence-electron chi connectivity index (χ4n) is 3.17. The van der Waals surface area contributed by atoms with Crippen molar-refractivity contribution < 1.29 is 14.3 Å². The van der Waals surface area contributed by atoms with Gasteiger partial charge in [-0.3, -0.25) is 4.79 Å². The predicted molar refractivity (Wildman–Crippen MR) is 117 cm³/mol. The fourth-order valence-corrected chi connectivity index (χ4v) is 3.55. The summed E-state index contributed by atoms with van der Waals surface area (Å²) in [5.41, 5.74) is 3.28. The molecule has 2 aromatic rings. The van der Waals surface area contributed by atoms with Gasteiger partial charge in [0.05, 0.1) is 11.6 Å². The molecular weight excluding hydrogens is 434 g/mol. The van der Waals surface area contributed by atoms with Crippen molar-refractivity contribution >= 4 is 33.6 Å². The number of rotatable bonds is 6. The number of amides is 3. The Kier molecular flexibility index (Phi) is 6.39. The molecule has 150 valence electrons. The molecule has 1 atom stereocenters. The summed E-state index contributed by atoms with van der Waals surface area (Å²) in [6, 6.07) is 12.0. The highest BCUT2D eigenvalue weighted by atomic mass is 79.9. The van der Waals surface area contributed by atoms with Gasteiger partial charge in [0.15, 0.2) is 0 Å². The number of hydrogen-bond acceptors (Lipinski definition) is 3. The number of carbonyl (C=O) groups is 2. The van der Waals surface area contributed by atoms with Crippen molar-refractivity contribution in [3.8, 4) is 5.75 Å². The van der Waals surface area contributed by atoms with Gasteiger partial charge in [0.25, 0.3) is 5.91 Å². The number of carbonyl (C=O) groups excluding carboxylic acids is 2. The third kappa shape index (κ3) is 4.86. The second-order valence-electron chi connectivity index (χ2n) is 6.68. The highest BCUT2D eigenvalue weighted by molar-refractivity contribution is 9.10. The van der Waals surface area contributed by atoms with Crippen LogP contribution in [0.25, 0.3) is 0 Å². The van der Waals surface area contributed by atoms with Gasteiger partial charge >= 0.3 is 6.03 Å². The second kappa shape index (κ2) is 8.96. The molecule has 6 nitrogen and oxygen atoms in total. The normalized spacial score (nSPS) is 16.0. The van der Waals surface area contributed by atoms with Gasteiger partial charge in [0.2, 0.25) is 0 Å². The highest BCUT2D eigenvalue weighted by Gasteiger charge is 2.33. The van der Waals surface area contributed by atoms with E-state index in [0.717, 1.165) is 10.0 Å². The SMILES string of the molecule is C=CCOc1ccc(Br)cc1[C@@H]1NC(=O)NC(C)=C1C(=O)Nc1cccc(C)c1. The molecule has 3 rings (SSSR count). The average molecular weight is 456 g/mol. The van der Waals surface area contributed by atoms with Gasteiger partial charge < -0.3 is 20.7 Å². The lowest BCUT2D eigenvalue weighted by atomic mass is 9.94. The van der Waals surface area contributed by atoms with Gasteiger partial charge in [0.1, 0.15) is 12.4 Å². The van der Waals surface area contributed by atoms with Gasteiger partial charge in [-0.1, -0.05) is 40.7 Å². The van der Waals surface area contributed by atoms with E-state index in [0.29, 0.717) is 34.9 Å². The largest absolute Gasteiger partial charge is 0.489 e. The van der Waals surface area contributed by atoms with Gasteiger partial charge in [-0.05, 0) is 49.7 Å². The minimum atomic E-state index is -0.675. The Hall–Kier alpha value is -3.06. The molecule has 0 unspecified atom stereocenters. The Morgan fingerprint density at radius 1 is 1.28 bits per heavy atom. The molecule has 3 N–H and O–H groups in total. The molecule has 1 aliphatic rings. The van der Waals surface area contributed by atoms with Crippen molar-refractivity contribution in [2.75, 3.05) is 11.9 Å². The van der Waals surface area contributed by atoms with E-state index in [4.69, 9.17) is 4.74 Å². The van der Waals surface area contributed by atoms with Gasteiger partial charge in [0, 0.05) is 21.4 Å². The topological polar surface area (TPSA) is 79.5 Å². The maximum absolute atomic E-state index is 13.2. The minimum Gasteiger partial charge on any atom is -0.489 e. The van der Waals surface area contributed by atoms with E-state index >= 15 is 0 Å². The summed E-state index contributed by atoms with van der Waals surface area (Å²) in [5, 5.41) is 8.44. The van der Waals surface area contributed by atoms with Crippen LogP contribution in [0, 0.1) is 6.92 Å². The Morgan fingerprint density at radius 2 is 2.07 bits per heavy atom. The summed E-state index contributed by atoms with van der Waals surface area (Å²) < 4.78 is 6.57.